The molecule has 2 saturated heterocycles. The van der Waals surface area contributed by atoms with Gasteiger partial charge in [-0.05, 0) is 96.9 Å². The summed E-state index contributed by atoms with van der Waals surface area (Å²) in [6.07, 6.45) is 6.14. The van der Waals surface area contributed by atoms with Crippen LogP contribution in [0, 0.1) is 29.5 Å². The van der Waals surface area contributed by atoms with Crippen LogP contribution >= 0.6 is 23.2 Å². The lowest BCUT2D eigenvalue weighted by atomic mass is 9.74. The maximum atomic E-state index is 16.2. The van der Waals surface area contributed by atoms with Crippen LogP contribution in [0.4, 0.5) is 15.8 Å². The van der Waals surface area contributed by atoms with Crippen molar-refractivity contribution in [2.24, 2.45) is 21.7 Å². The lowest BCUT2D eigenvalue weighted by molar-refractivity contribution is -0.109. The van der Waals surface area contributed by atoms with Gasteiger partial charge < -0.3 is 31.5 Å². The molecule has 14 heteroatoms. The van der Waals surface area contributed by atoms with Gasteiger partial charge in [0.1, 0.15) is 5.82 Å². The molecular weight excluding hydrogens is 826 g/mol. The fraction of sp³-hybridized carbons (Fsp3) is 0.542. The van der Waals surface area contributed by atoms with Crippen molar-refractivity contribution in [1.29, 1.82) is 0 Å². The molecule has 3 aromatic carbocycles. The third-order valence-corrected chi connectivity index (χ3v) is 13.9. The number of likely N-dealkylation sites (tertiary alicyclic amines) is 1. The fourth-order valence-electron chi connectivity index (χ4n) is 10.7. The molecular formula is C48H63Cl2FN8O3. The minimum absolute atomic E-state index is 0.0435. The van der Waals surface area contributed by atoms with Crippen molar-refractivity contribution < 1.29 is 18.8 Å². The maximum Gasteiger partial charge on any atom is 0.251 e. The van der Waals surface area contributed by atoms with E-state index in [1.807, 2.05) is 31.2 Å². The summed E-state index contributed by atoms with van der Waals surface area (Å²) in [6.45, 7) is 19.1. The number of halogens is 3. The van der Waals surface area contributed by atoms with Crippen molar-refractivity contribution in [1.82, 2.24) is 25.3 Å². The zero-order valence-corrected chi connectivity index (χ0v) is 38.3. The van der Waals surface area contributed by atoms with Crippen LogP contribution < -0.4 is 21.7 Å². The summed E-state index contributed by atoms with van der Waals surface area (Å²) in [5, 5.41) is 9.37. The lowest BCUT2D eigenvalue weighted by Crippen LogP contribution is -2.50. The van der Waals surface area contributed by atoms with Gasteiger partial charge in [-0.15, -0.1) is 0 Å². The number of nitrogen functional groups attached to an aromatic ring is 1. The number of carbonyl (C=O) groups is 3. The summed E-state index contributed by atoms with van der Waals surface area (Å²) in [7, 11) is 0. The molecule has 11 nitrogen and oxygen atoms in total. The van der Waals surface area contributed by atoms with Crippen molar-refractivity contribution in [3.63, 3.8) is 0 Å². The maximum absolute atomic E-state index is 16.2. The molecule has 0 spiro atoms. The SMILES string of the molecule is Cc1c(C(=O)NCC(C)(C)CC(C)(C)CN2CCN(CCCNC=O)CC2)ccc(C2=N[C@H]3[C@H](c4cccc(Cl)c4F)C(c4ccc(Cl)cc4NC=O)N(CC4CC4)[C@H]3C2)c1N. The molecule has 62 heavy (non-hydrogen) atoms. The fourth-order valence-corrected chi connectivity index (χ4v) is 11.0. The minimum Gasteiger partial charge on any atom is -0.398 e. The normalized spacial score (nSPS) is 22.3. The third-order valence-electron chi connectivity index (χ3n) is 13.4. The van der Waals surface area contributed by atoms with Crippen molar-refractivity contribution >= 4 is 59.0 Å². The van der Waals surface area contributed by atoms with E-state index in [2.05, 4.69) is 58.3 Å². The highest BCUT2D eigenvalue weighted by Crippen LogP contribution is 2.55. The van der Waals surface area contributed by atoms with Crippen molar-refractivity contribution in [3.8, 4) is 0 Å². The summed E-state index contributed by atoms with van der Waals surface area (Å²) < 4.78 is 16.2. The van der Waals surface area contributed by atoms with Crippen LogP contribution in [-0.2, 0) is 9.59 Å². The predicted octanol–water partition coefficient (Wildman–Crippen LogP) is 7.70. The molecule has 3 amide bonds. The quantitative estimate of drug-likeness (QED) is 0.0551. The number of benzene rings is 3. The summed E-state index contributed by atoms with van der Waals surface area (Å²) in [5.41, 5.74) is 12.1. The zero-order chi connectivity index (χ0) is 44.3. The number of hydrogen-bond donors (Lipinski definition) is 4. The third kappa shape index (κ3) is 10.5. The van der Waals surface area contributed by atoms with Gasteiger partial charge in [0.2, 0.25) is 12.8 Å². The number of amides is 3. The van der Waals surface area contributed by atoms with E-state index < -0.39 is 11.7 Å². The van der Waals surface area contributed by atoms with Gasteiger partial charge in [0.25, 0.3) is 5.91 Å². The van der Waals surface area contributed by atoms with E-state index in [9.17, 15) is 14.4 Å². The van der Waals surface area contributed by atoms with Gasteiger partial charge in [-0.3, -0.25) is 24.3 Å². The van der Waals surface area contributed by atoms with E-state index in [0.717, 1.165) is 94.7 Å². The molecule has 1 unspecified atom stereocenters. The molecule has 5 N–H and O–H groups in total. The van der Waals surface area contributed by atoms with Gasteiger partial charge >= 0.3 is 0 Å². The number of nitrogens with one attached hydrogen (secondary N) is 3. The zero-order valence-electron chi connectivity index (χ0n) is 36.8. The molecule has 3 aromatic rings. The molecule has 1 saturated carbocycles. The van der Waals surface area contributed by atoms with Crippen molar-refractivity contribution in [3.05, 3.63) is 92.2 Å². The number of rotatable bonds is 19. The first kappa shape index (κ1) is 45.9. The molecule has 0 radical (unpaired) electrons. The molecule has 3 aliphatic heterocycles. The number of piperazine rings is 1. The van der Waals surface area contributed by atoms with Crippen LogP contribution in [0.3, 0.4) is 0 Å². The van der Waals surface area contributed by atoms with Gasteiger partial charge in [-0.2, -0.15) is 0 Å². The molecule has 0 bridgehead atoms. The summed E-state index contributed by atoms with van der Waals surface area (Å²) in [5.74, 6) is -0.545. The Labute approximate surface area is 376 Å². The first-order chi connectivity index (χ1) is 29.6. The van der Waals surface area contributed by atoms with Gasteiger partial charge in [-0.1, -0.05) is 75.2 Å². The number of carbonyl (C=O) groups excluding carboxylic acids is 3. The monoisotopic (exact) mass is 888 g/mol. The van der Waals surface area contributed by atoms with Crippen LogP contribution in [0.2, 0.25) is 10.0 Å². The standard InChI is InChI=1S/C48H63Cl2FN8O3/c1-30-33(46(62)54-26-47(2,3)25-48(4,5)27-58-20-18-57(19-21-58)17-7-16-53-28-60)14-15-34(43(30)52)39-23-40-44(56-39)41(36-8-6-9-37(50)42(36)51)45(59(40)24-31-10-11-31)35-13-12-32(49)22-38(35)55-29-61/h6,8-9,12-15,22,28-29,31,40-41,44-45H,7,10-11,16-21,23-27,52H2,1-5H3,(H,53,60)(H,54,62)(H,55,61)/t40-,41-,44+,45?/m0/s1. The van der Waals surface area contributed by atoms with E-state index in [-0.39, 0.29) is 39.9 Å². The Morgan fingerprint density at radius 1 is 0.968 bits per heavy atom. The molecule has 4 aliphatic rings. The number of hydrogen-bond acceptors (Lipinski definition) is 8. The topological polar surface area (TPSA) is 135 Å². The Balaban J connectivity index is 1.06. The van der Waals surface area contributed by atoms with Gasteiger partial charge in [0, 0.05) is 110 Å². The van der Waals surface area contributed by atoms with Gasteiger partial charge in [-0.25, -0.2) is 4.39 Å². The van der Waals surface area contributed by atoms with E-state index >= 15 is 4.39 Å². The molecule has 1 aliphatic carbocycles. The molecule has 7 rings (SSSR count). The predicted molar refractivity (Wildman–Crippen MR) is 248 cm³/mol. The number of aliphatic imine (C=N–C) groups is 1. The highest BCUT2D eigenvalue weighted by atomic mass is 35.5. The molecule has 0 aromatic heterocycles. The lowest BCUT2D eigenvalue weighted by Gasteiger charge is -2.41. The summed E-state index contributed by atoms with van der Waals surface area (Å²) in [6, 6.07) is 13.7. The molecule has 3 fully saturated rings. The number of anilines is 2. The Bertz CT molecular complexity index is 2150. The largest absolute Gasteiger partial charge is 0.398 e. The van der Waals surface area contributed by atoms with Crippen LogP contribution in [0.25, 0.3) is 0 Å². The van der Waals surface area contributed by atoms with E-state index in [4.69, 9.17) is 33.9 Å². The molecule has 3 heterocycles. The first-order valence-electron chi connectivity index (χ1n) is 22.1. The van der Waals surface area contributed by atoms with Crippen molar-refractivity contribution in [2.75, 3.05) is 70.0 Å². The Morgan fingerprint density at radius 2 is 1.71 bits per heavy atom. The summed E-state index contributed by atoms with van der Waals surface area (Å²) >= 11 is 12.9. The van der Waals surface area contributed by atoms with E-state index in [0.29, 0.717) is 64.9 Å². The Hall–Kier alpha value is -4.07. The van der Waals surface area contributed by atoms with Crippen LogP contribution in [-0.4, -0.2) is 110 Å². The smallest absolute Gasteiger partial charge is 0.251 e. The molecule has 334 valence electrons. The number of nitrogens with zero attached hydrogens (tertiary/aromatic N) is 4. The van der Waals surface area contributed by atoms with E-state index in [1.165, 1.54) is 0 Å². The molecule has 4 atom stereocenters. The van der Waals surface area contributed by atoms with Gasteiger partial charge in [0.05, 0.1) is 11.1 Å². The summed E-state index contributed by atoms with van der Waals surface area (Å²) in [4.78, 5) is 49.1. The first-order valence-corrected chi connectivity index (χ1v) is 22.9. The van der Waals surface area contributed by atoms with Gasteiger partial charge in [0.15, 0.2) is 0 Å². The number of fused-ring (bicyclic) bond motifs is 1. The van der Waals surface area contributed by atoms with Crippen molar-refractivity contribution in [2.45, 2.75) is 90.8 Å². The Morgan fingerprint density at radius 3 is 2.42 bits per heavy atom. The second-order valence-electron chi connectivity index (χ2n) is 19.5. The van der Waals surface area contributed by atoms with E-state index in [1.54, 1.807) is 24.3 Å². The second-order valence-corrected chi connectivity index (χ2v) is 20.4. The number of nitrogens with two attached hydrogens (primary N) is 1. The Kier molecular flexibility index (Phi) is 14.3. The second kappa shape index (κ2) is 19.4. The average Bonchev–Trinajstić information content (AvgIpc) is 3.87. The highest BCUT2D eigenvalue weighted by Gasteiger charge is 2.55. The van der Waals surface area contributed by atoms with Crippen LogP contribution in [0.5, 0.6) is 0 Å². The minimum atomic E-state index is -0.469. The highest BCUT2D eigenvalue weighted by molar-refractivity contribution is 6.31. The van der Waals surface area contributed by atoms with Crippen LogP contribution in [0.15, 0.2) is 53.5 Å². The average molecular weight is 890 g/mol. The van der Waals surface area contributed by atoms with Crippen LogP contribution in [0.1, 0.15) is 104 Å².